The number of hydrogen-bond donors (Lipinski definition) is 2. The van der Waals surface area contributed by atoms with Gasteiger partial charge in [-0.1, -0.05) is 26.7 Å². The van der Waals surface area contributed by atoms with Crippen molar-refractivity contribution in [3.05, 3.63) is 23.9 Å². The highest BCUT2D eigenvalue weighted by Gasteiger charge is 2.19. The van der Waals surface area contributed by atoms with Gasteiger partial charge in [-0.15, -0.1) is 0 Å². The number of halogens is 2. The molecule has 1 heterocycles. The number of pyridine rings is 1. The zero-order valence-corrected chi connectivity index (χ0v) is 12.9. The Balaban J connectivity index is 2.68. The monoisotopic (exact) mass is 318 g/mol. The van der Waals surface area contributed by atoms with Crippen LogP contribution in [0.15, 0.2) is 23.4 Å². The largest absolute Gasteiger partial charge is 0.391 e. The number of nitrogens with zero attached hydrogens (tertiary/aromatic N) is 1. The van der Waals surface area contributed by atoms with Crippen LogP contribution in [0.2, 0.25) is 0 Å². The molecular formula is C14H20F2N2O2S. The highest BCUT2D eigenvalue weighted by Crippen LogP contribution is 2.26. The Labute approximate surface area is 127 Å². The zero-order chi connectivity index (χ0) is 15.8. The van der Waals surface area contributed by atoms with E-state index in [1.807, 2.05) is 13.8 Å². The standard InChI is InChI=1S/C14H20F2N2O2S/c1-3-9(4-2)11(19)8-18-12(20)10-6-5-7-17-13(10)21-14(15)16/h5-7,9,11,14,19H,3-4,8H2,1-2H3,(H,18,20). The smallest absolute Gasteiger partial charge is 0.290 e. The lowest BCUT2D eigenvalue weighted by atomic mass is 9.96. The number of carbonyl (C=O) groups excluding carboxylic acids is 1. The normalized spacial score (nSPS) is 12.7. The van der Waals surface area contributed by atoms with Gasteiger partial charge in [-0.05, 0) is 29.8 Å². The molecule has 1 amide bonds. The molecule has 0 spiro atoms. The van der Waals surface area contributed by atoms with Gasteiger partial charge >= 0.3 is 0 Å². The fourth-order valence-electron chi connectivity index (χ4n) is 2.03. The van der Waals surface area contributed by atoms with Gasteiger partial charge in [0.25, 0.3) is 11.7 Å². The van der Waals surface area contributed by atoms with E-state index in [1.165, 1.54) is 18.3 Å². The van der Waals surface area contributed by atoms with E-state index in [4.69, 9.17) is 0 Å². The second-order valence-electron chi connectivity index (χ2n) is 4.59. The van der Waals surface area contributed by atoms with Crippen LogP contribution in [-0.4, -0.2) is 34.4 Å². The molecule has 1 rings (SSSR count). The van der Waals surface area contributed by atoms with Crippen LogP contribution < -0.4 is 5.32 Å². The molecule has 21 heavy (non-hydrogen) atoms. The minimum atomic E-state index is -2.64. The summed E-state index contributed by atoms with van der Waals surface area (Å²) in [6, 6.07) is 2.96. The van der Waals surface area contributed by atoms with Crippen molar-refractivity contribution in [3.8, 4) is 0 Å². The lowest BCUT2D eigenvalue weighted by molar-refractivity contribution is 0.0814. The predicted molar refractivity (Wildman–Crippen MR) is 78.5 cm³/mol. The Kier molecular flexibility index (Phi) is 7.60. The number of hydrogen-bond acceptors (Lipinski definition) is 4. The fraction of sp³-hybridized carbons (Fsp3) is 0.571. The first-order valence-corrected chi connectivity index (χ1v) is 7.73. The lowest BCUT2D eigenvalue weighted by Crippen LogP contribution is -2.36. The van der Waals surface area contributed by atoms with Crippen molar-refractivity contribution in [2.24, 2.45) is 5.92 Å². The Bertz CT molecular complexity index is 456. The summed E-state index contributed by atoms with van der Waals surface area (Å²) in [5.74, 6) is -3.04. The number of rotatable bonds is 8. The number of aliphatic hydroxyl groups is 1. The van der Waals surface area contributed by atoms with E-state index in [9.17, 15) is 18.7 Å². The Morgan fingerprint density at radius 3 is 2.67 bits per heavy atom. The van der Waals surface area contributed by atoms with Gasteiger partial charge in [0, 0.05) is 12.7 Å². The molecule has 4 nitrogen and oxygen atoms in total. The number of thioether (sulfide) groups is 1. The quantitative estimate of drug-likeness (QED) is 0.724. The van der Waals surface area contributed by atoms with Crippen LogP contribution in [0, 0.1) is 5.92 Å². The topological polar surface area (TPSA) is 62.2 Å². The lowest BCUT2D eigenvalue weighted by Gasteiger charge is -2.20. The maximum Gasteiger partial charge on any atom is 0.290 e. The average molecular weight is 318 g/mol. The fourth-order valence-corrected chi connectivity index (χ4v) is 2.61. The number of carbonyl (C=O) groups is 1. The number of nitrogens with one attached hydrogen (secondary N) is 1. The maximum absolute atomic E-state index is 12.4. The van der Waals surface area contributed by atoms with Crippen LogP contribution in [0.25, 0.3) is 0 Å². The number of amides is 1. The van der Waals surface area contributed by atoms with E-state index in [-0.39, 0.29) is 34.8 Å². The van der Waals surface area contributed by atoms with E-state index >= 15 is 0 Å². The van der Waals surface area contributed by atoms with E-state index < -0.39 is 17.8 Å². The minimum absolute atomic E-state index is 0.0120. The third-order valence-corrected chi connectivity index (χ3v) is 4.01. The molecule has 1 unspecified atom stereocenters. The van der Waals surface area contributed by atoms with Crippen molar-refractivity contribution in [2.75, 3.05) is 6.54 Å². The van der Waals surface area contributed by atoms with Crippen LogP contribution in [0.4, 0.5) is 8.78 Å². The van der Waals surface area contributed by atoms with Crippen LogP contribution in [0.3, 0.4) is 0 Å². The SMILES string of the molecule is CCC(CC)C(O)CNC(=O)c1cccnc1SC(F)F. The molecule has 0 aliphatic rings. The van der Waals surface area contributed by atoms with Crippen LogP contribution >= 0.6 is 11.8 Å². The van der Waals surface area contributed by atoms with Gasteiger partial charge in [-0.25, -0.2) is 4.98 Å². The summed E-state index contributed by atoms with van der Waals surface area (Å²) in [7, 11) is 0. The van der Waals surface area contributed by atoms with E-state index in [2.05, 4.69) is 10.3 Å². The van der Waals surface area contributed by atoms with Crippen molar-refractivity contribution in [2.45, 2.75) is 43.6 Å². The summed E-state index contributed by atoms with van der Waals surface area (Å²) in [6.07, 6.45) is 2.34. The van der Waals surface area contributed by atoms with Gasteiger partial charge in [0.05, 0.1) is 11.7 Å². The third kappa shape index (κ3) is 5.59. The summed E-state index contributed by atoms with van der Waals surface area (Å²) in [4.78, 5) is 15.8. The molecule has 0 bridgehead atoms. The molecule has 0 aromatic carbocycles. The second-order valence-corrected chi connectivity index (χ2v) is 5.57. The number of aliphatic hydroxyl groups excluding tert-OH is 1. The average Bonchev–Trinajstić information content (AvgIpc) is 2.46. The Morgan fingerprint density at radius 1 is 1.43 bits per heavy atom. The van der Waals surface area contributed by atoms with Crippen LogP contribution in [0.5, 0.6) is 0 Å². The predicted octanol–water partition coefficient (Wildman–Crippen LogP) is 2.92. The molecule has 0 aliphatic heterocycles. The molecule has 0 aliphatic carbocycles. The molecule has 118 valence electrons. The van der Waals surface area contributed by atoms with Gasteiger partial charge in [-0.2, -0.15) is 8.78 Å². The molecule has 0 radical (unpaired) electrons. The van der Waals surface area contributed by atoms with Crippen molar-refractivity contribution in [1.29, 1.82) is 0 Å². The molecular weight excluding hydrogens is 298 g/mol. The Hall–Kier alpha value is -1.21. The minimum Gasteiger partial charge on any atom is -0.391 e. The number of aromatic nitrogens is 1. The van der Waals surface area contributed by atoms with E-state index in [0.717, 1.165) is 12.8 Å². The van der Waals surface area contributed by atoms with Crippen molar-refractivity contribution in [3.63, 3.8) is 0 Å². The summed E-state index contributed by atoms with van der Waals surface area (Å²) < 4.78 is 24.9. The maximum atomic E-state index is 12.4. The van der Waals surface area contributed by atoms with Gasteiger partial charge in [0.2, 0.25) is 0 Å². The molecule has 1 aromatic rings. The summed E-state index contributed by atoms with van der Waals surface area (Å²) in [6.45, 7) is 4.04. The van der Waals surface area contributed by atoms with Crippen LogP contribution in [-0.2, 0) is 0 Å². The van der Waals surface area contributed by atoms with Crippen LogP contribution in [0.1, 0.15) is 37.0 Å². The first-order valence-electron chi connectivity index (χ1n) is 6.85. The Morgan fingerprint density at radius 2 is 2.10 bits per heavy atom. The molecule has 0 saturated carbocycles. The molecule has 0 saturated heterocycles. The van der Waals surface area contributed by atoms with E-state index in [1.54, 1.807) is 0 Å². The molecule has 2 N–H and O–H groups in total. The van der Waals surface area contributed by atoms with E-state index in [0.29, 0.717) is 0 Å². The second kappa shape index (κ2) is 8.94. The number of alkyl halides is 2. The van der Waals surface area contributed by atoms with Gasteiger partial charge < -0.3 is 10.4 Å². The first kappa shape index (κ1) is 17.8. The van der Waals surface area contributed by atoms with Crippen molar-refractivity contribution in [1.82, 2.24) is 10.3 Å². The van der Waals surface area contributed by atoms with Gasteiger partial charge in [0.1, 0.15) is 5.03 Å². The van der Waals surface area contributed by atoms with Crippen molar-refractivity contribution < 1.29 is 18.7 Å². The third-order valence-electron chi connectivity index (χ3n) is 3.28. The molecule has 7 heteroatoms. The highest BCUT2D eigenvalue weighted by molar-refractivity contribution is 7.99. The first-order chi connectivity index (χ1) is 9.99. The summed E-state index contributed by atoms with van der Waals surface area (Å²) in [5, 5.41) is 12.5. The van der Waals surface area contributed by atoms with Crippen molar-refractivity contribution >= 4 is 17.7 Å². The van der Waals surface area contributed by atoms with Gasteiger partial charge in [0.15, 0.2) is 0 Å². The summed E-state index contributed by atoms with van der Waals surface area (Å²) >= 11 is 0.235. The highest BCUT2D eigenvalue weighted by atomic mass is 32.2. The molecule has 1 atom stereocenters. The van der Waals surface area contributed by atoms with Gasteiger partial charge in [-0.3, -0.25) is 4.79 Å². The summed E-state index contributed by atoms with van der Waals surface area (Å²) in [5.41, 5.74) is 0.0968. The molecule has 0 fully saturated rings. The molecule has 1 aromatic heterocycles. The zero-order valence-electron chi connectivity index (χ0n) is 12.1.